The Balaban J connectivity index is 1.78. The first-order valence-electron chi connectivity index (χ1n) is 9.07. The fraction of sp³-hybridized carbons (Fsp3) is 0.882. The molecule has 2 N–H and O–H groups in total. The smallest absolute Gasteiger partial charge is 0.225 e. The molecule has 1 aliphatic heterocycles. The van der Waals surface area contributed by atoms with Crippen LogP contribution >= 0.6 is 0 Å². The summed E-state index contributed by atoms with van der Waals surface area (Å²) in [7, 11) is 1.71. The van der Waals surface area contributed by atoms with E-state index in [2.05, 4.69) is 22.5 Å². The number of carbonyl (C=O) groups is 1. The lowest BCUT2D eigenvalue weighted by Crippen LogP contribution is -2.45. The first-order valence-corrected chi connectivity index (χ1v) is 9.07. The van der Waals surface area contributed by atoms with Crippen molar-refractivity contribution in [1.82, 2.24) is 15.5 Å². The van der Waals surface area contributed by atoms with Crippen molar-refractivity contribution in [2.45, 2.75) is 51.5 Å². The zero-order chi connectivity index (χ0) is 16.5. The van der Waals surface area contributed by atoms with E-state index in [0.717, 1.165) is 64.4 Å². The zero-order valence-corrected chi connectivity index (χ0v) is 14.6. The molecule has 1 aliphatic carbocycles. The number of nitrogens with zero attached hydrogens (tertiary/aromatic N) is 2. The number of methoxy groups -OCH3 is 1. The van der Waals surface area contributed by atoms with Crippen molar-refractivity contribution in [2.24, 2.45) is 10.9 Å². The van der Waals surface area contributed by atoms with Crippen LogP contribution in [0.15, 0.2) is 4.99 Å². The fourth-order valence-corrected chi connectivity index (χ4v) is 3.42. The quantitative estimate of drug-likeness (QED) is 0.422. The number of rotatable bonds is 7. The molecule has 0 aromatic rings. The number of amides is 1. The molecular weight excluding hydrogens is 292 g/mol. The molecule has 132 valence electrons. The fourth-order valence-electron chi connectivity index (χ4n) is 3.42. The highest BCUT2D eigenvalue weighted by molar-refractivity contribution is 5.81. The Bertz CT molecular complexity index is 394. The summed E-state index contributed by atoms with van der Waals surface area (Å²) >= 11 is 0. The van der Waals surface area contributed by atoms with E-state index < -0.39 is 0 Å². The van der Waals surface area contributed by atoms with Gasteiger partial charge in [0.25, 0.3) is 0 Å². The SMILES string of the molecule is CCNC(=NCCCOC)NC1CCN(C(=O)C2CCCC2)C1. The first kappa shape index (κ1) is 18.0. The lowest BCUT2D eigenvalue weighted by Gasteiger charge is -2.21. The first-order chi connectivity index (χ1) is 11.2. The maximum Gasteiger partial charge on any atom is 0.225 e. The van der Waals surface area contributed by atoms with E-state index in [-0.39, 0.29) is 5.92 Å². The third-order valence-corrected chi connectivity index (χ3v) is 4.67. The molecule has 2 aliphatic rings. The second-order valence-electron chi connectivity index (χ2n) is 6.50. The molecule has 23 heavy (non-hydrogen) atoms. The molecule has 0 spiro atoms. The van der Waals surface area contributed by atoms with Crippen molar-refractivity contribution in [3.63, 3.8) is 0 Å². The molecule has 2 fully saturated rings. The van der Waals surface area contributed by atoms with Crippen LogP contribution in [0.4, 0.5) is 0 Å². The summed E-state index contributed by atoms with van der Waals surface area (Å²) in [4.78, 5) is 19.1. The molecule has 0 aromatic heterocycles. The van der Waals surface area contributed by atoms with Crippen molar-refractivity contribution in [3.8, 4) is 0 Å². The summed E-state index contributed by atoms with van der Waals surface area (Å²) in [6.07, 6.45) is 6.51. The summed E-state index contributed by atoms with van der Waals surface area (Å²) < 4.78 is 5.05. The number of likely N-dealkylation sites (tertiary alicyclic amines) is 1. The van der Waals surface area contributed by atoms with Crippen molar-refractivity contribution in [2.75, 3.05) is 39.9 Å². The van der Waals surface area contributed by atoms with Gasteiger partial charge in [-0.1, -0.05) is 12.8 Å². The average molecular weight is 324 g/mol. The van der Waals surface area contributed by atoms with Crippen molar-refractivity contribution in [3.05, 3.63) is 0 Å². The monoisotopic (exact) mass is 324 g/mol. The van der Waals surface area contributed by atoms with Gasteiger partial charge in [-0.25, -0.2) is 0 Å². The lowest BCUT2D eigenvalue weighted by molar-refractivity contribution is -0.134. The highest BCUT2D eigenvalue weighted by Gasteiger charge is 2.32. The van der Waals surface area contributed by atoms with Crippen LogP contribution in [0.3, 0.4) is 0 Å². The highest BCUT2D eigenvalue weighted by atomic mass is 16.5. The molecule has 6 heteroatoms. The van der Waals surface area contributed by atoms with E-state index in [1.54, 1.807) is 7.11 Å². The Hall–Kier alpha value is -1.30. The number of hydrogen-bond acceptors (Lipinski definition) is 3. The van der Waals surface area contributed by atoms with Gasteiger partial charge in [0, 0.05) is 51.9 Å². The summed E-state index contributed by atoms with van der Waals surface area (Å²) in [6.45, 7) is 6.06. The van der Waals surface area contributed by atoms with E-state index in [1.807, 2.05) is 4.90 Å². The molecule has 1 heterocycles. The molecule has 1 atom stereocenters. The van der Waals surface area contributed by atoms with Gasteiger partial charge in [0.1, 0.15) is 0 Å². The van der Waals surface area contributed by atoms with E-state index >= 15 is 0 Å². The van der Waals surface area contributed by atoms with Crippen molar-refractivity contribution < 1.29 is 9.53 Å². The molecule has 1 amide bonds. The molecule has 1 saturated carbocycles. The van der Waals surface area contributed by atoms with Crippen LogP contribution in [0, 0.1) is 5.92 Å². The Morgan fingerprint density at radius 3 is 2.78 bits per heavy atom. The Kier molecular flexibility index (Phi) is 7.65. The van der Waals surface area contributed by atoms with E-state index in [1.165, 1.54) is 12.8 Å². The molecule has 0 bridgehead atoms. The minimum Gasteiger partial charge on any atom is -0.385 e. The van der Waals surface area contributed by atoms with Crippen LogP contribution in [-0.4, -0.2) is 62.7 Å². The van der Waals surface area contributed by atoms with Crippen LogP contribution in [0.25, 0.3) is 0 Å². The number of nitrogens with one attached hydrogen (secondary N) is 2. The molecule has 2 rings (SSSR count). The number of aliphatic imine (C=N–C) groups is 1. The Morgan fingerprint density at radius 2 is 2.09 bits per heavy atom. The van der Waals surface area contributed by atoms with Gasteiger partial charge in [-0.05, 0) is 32.6 Å². The Morgan fingerprint density at radius 1 is 1.30 bits per heavy atom. The second-order valence-corrected chi connectivity index (χ2v) is 6.50. The standard InChI is InChI=1S/C17H32N4O2/c1-3-18-17(19-10-6-12-23-2)20-15-9-11-21(13-15)16(22)14-7-4-5-8-14/h14-15H,3-13H2,1-2H3,(H2,18,19,20). The maximum atomic E-state index is 12.5. The minimum absolute atomic E-state index is 0.282. The van der Waals surface area contributed by atoms with Gasteiger partial charge in [0.2, 0.25) is 5.91 Å². The summed E-state index contributed by atoms with van der Waals surface area (Å²) in [5, 5.41) is 6.75. The van der Waals surface area contributed by atoms with Crippen LogP contribution < -0.4 is 10.6 Å². The van der Waals surface area contributed by atoms with Gasteiger partial charge >= 0.3 is 0 Å². The van der Waals surface area contributed by atoms with Gasteiger partial charge in [-0.2, -0.15) is 0 Å². The normalized spacial score (nSPS) is 22.6. The van der Waals surface area contributed by atoms with E-state index in [9.17, 15) is 4.79 Å². The number of hydrogen-bond donors (Lipinski definition) is 2. The third kappa shape index (κ3) is 5.68. The topological polar surface area (TPSA) is 66.0 Å². The predicted molar refractivity (Wildman–Crippen MR) is 92.6 cm³/mol. The van der Waals surface area contributed by atoms with Gasteiger partial charge in [0.05, 0.1) is 0 Å². The van der Waals surface area contributed by atoms with Crippen LogP contribution in [0.2, 0.25) is 0 Å². The average Bonchev–Trinajstić information content (AvgIpc) is 3.22. The summed E-state index contributed by atoms with van der Waals surface area (Å²) in [5.74, 6) is 1.50. The van der Waals surface area contributed by atoms with E-state index in [4.69, 9.17) is 4.74 Å². The summed E-state index contributed by atoms with van der Waals surface area (Å²) in [5.41, 5.74) is 0. The van der Waals surface area contributed by atoms with E-state index in [0.29, 0.717) is 11.9 Å². The van der Waals surface area contributed by atoms with Crippen LogP contribution in [0.5, 0.6) is 0 Å². The second kappa shape index (κ2) is 9.75. The van der Waals surface area contributed by atoms with Crippen LogP contribution in [0.1, 0.15) is 45.4 Å². The molecule has 6 nitrogen and oxygen atoms in total. The highest BCUT2D eigenvalue weighted by Crippen LogP contribution is 2.27. The number of guanidine groups is 1. The van der Waals surface area contributed by atoms with Crippen molar-refractivity contribution >= 4 is 11.9 Å². The van der Waals surface area contributed by atoms with Gasteiger partial charge in [0.15, 0.2) is 5.96 Å². The molecule has 1 unspecified atom stereocenters. The van der Waals surface area contributed by atoms with Crippen molar-refractivity contribution in [1.29, 1.82) is 0 Å². The molecular formula is C17H32N4O2. The molecule has 0 radical (unpaired) electrons. The largest absolute Gasteiger partial charge is 0.385 e. The predicted octanol–water partition coefficient (Wildman–Crippen LogP) is 1.37. The molecule has 1 saturated heterocycles. The van der Waals surface area contributed by atoms with Crippen LogP contribution in [-0.2, 0) is 9.53 Å². The van der Waals surface area contributed by atoms with Gasteiger partial charge in [-0.15, -0.1) is 0 Å². The number of carbonyl (C=O) groups excluding carboxylic acids is 1. The minimum atomic E-state index is 0.282. The van der Waals surface area contributed by atoms with Gasteiger partial charge < -0.3 is 20.3 Å². The summed E-state index contributed by atoms with van der Waals surface area (Å²) in [6, 6.07) is 0.306. The Labute approximate surface area is 140 Å². The maximum absolute atomic E-state index is 12.5. The van der Waals surface area contributed by atoms with Gasteiger partial charge in [-0.3, -0.25) is 9.79 Å². The number of ether oxygens (including phenoxy) is 1. The zero-order valence-electron chi connectivity index (χ0n) is 14.6. The molecule has 0 aromatic carbocycles. The lowest BCUT2D eigenvalue weighted by atomic mass is 10.1. The third-order valence-electron chi connectivity index (χ3n) is 4.67.